The van der Waals surface area contributed by atoms with Crippen LogP contribution in [0.15, 0.2) is 60.7 Å². The van der Waals surface area contributed by atoms with Crippen LogP contribution in [0.5, 0.6) is 17.2 Å². The lowest BCUT2D eigenvalue weighted by molar-refractivity contribution is 0.183. The molecule has 1 aliphatic heterocycles. The molecule has 1 saturated heterocycles. The maximum absolute atomic E-state index is 6.15. The Kier molecular flexibility index (Phi) is 8.82. The van der Waals surface area contributed by atoms with Gasteiger partial charge in [0.2, 0.25) is 0 Å². The van der Waals surface area contributed by atoms with Gasteiger partial charge in [-0.1, -0.05) is 44.5 Å². The SMILES string of the molecule is CCC(C)(c1ccc(OCCN2CCCCC2)cc1)c1cc(OC)ccc1C1CCc2cc(OC)ccc2C1. The summed E-state index contributed by atoms with van der Waals surface area (Å²) < 4.78 is 17.4. The van der Waals surface area contributed by atoms with Crippen LogP contribution in [0.25, 0.3) is 0 Å². The van der Waals surface area contributed by atoms with E-state index in [1.807, 2.05) is 0 Å². The van der Waals surface area contributed by atoms with Crippen molar-refractivity contribution in [2.45, 2.75) is 70.1 Å². The molecule has 1 heterocycles. The van der Waals surface area contributed by atoms with E-state index < -0.39 is 0 Å². The second-order valence-electron chi connectivity index (χ2n) is 11.5. The molecule has 3 aromatic rings. The zero-order valence-corrected chi connectivity index (χ0v) is 24.3. The van der Waals surface area contributed by atoms with Crippen molar-refractivity contribution in [2.75, 3.05) is 40.5 Å². The molecule has 1 fully saturated rings. The fourth-order valence-corrected chi connectivity index (χ4v) is 6.56. The van der Waals surface area contributed by atoms with E-state index in [1.165, 1.54) is 60.2 Å². The topological polar surface area (TPSA) is 30.9 Å². The van der Waals surface area contributed by atoms with Gasteiger partial charge in [0.05, 0.1) is 14.2 Å². The molecule has 3 aromatic carbocycles. The van der Waals surface area contributed by atoms with Gasteiger partial charge in [-0.15, -0.1) is 0 Å². The fraction of sp³-hybridized carbons (Fsp3) is 0.486. The third-order valence-corrected chi connectivity index (χ3v) is 9.26. The van der Waals surface area contributed by atoms with Crippen molar-refractivity contribution >= 4 is 0 Å². The minimum absolute atomic E-state index is 0.129. The number of benzene rings is 3. The Morgan fingerprint density at radius 3 is 2.23 bits per heavy atom. The zero-order valence-electron chi connectivity index (χ0n) is 24.3. The van der Waals surface area contributed by atoms with Crippen LogP contribution >= 0.6 is 0 Å². The van der Waals surface area contributed by atoms with Gasteiger partial charge in [-0.25, -0.2) is 0 Å². The third-order valence-electron chi connectivity index (χ3n) is 9.26. The molecule has 0 bridgehead atoms. The van der Waals surface area contributed by atoms with Gasteiger partial charge in [0.25, 0.3) is 0 Å². The smallest absolute Gasteiger partial charge is 0.119 e. The molecular formula is C35H45NO3. The molecule has 2 unspecified atom stereocenters. The molecule has 4 nitrogen and oxygen atoms in total. The molecular weight excluding hydrogens is 482 g/mol. The van der Waals surface area contributed by atoms with E-state index in [9.17, 15) is 0 Å². The van der Waals surface area contributed by atoms with Crippen molar-refractivity contribution in [2.24, 2.45) is 0 Å². The van der Waals surface area contributed by atoms with Crippen LogP contribution in [-0.4, -0.2) is 45.4 Å². The molecule has 208 valence electrons. The first kappa shape index (κ1) is 27.6. The standard InChI is InChI=1S/C35H45NO3/c1-5-35(2,29-12-15-30(16-13-29)39-22-21-36-19-7-6-8-20-36)34-25-32(38-4)17-18-33(34)28-10-9-27-24-31(37-3)14-11-26(27)23-28/h11-18,24-25,28H,5-10,19-23H2,1-4H3. The minimum Gasteiger partial charge on any atom is -0.497 e. The molecule has 0 aromatic heterocycles. The Labute approximate surface area is 235 Å². The van der Waals surface area contributed by atoms with E-state index in [4.69, 9.17) is 14.2 Å². The number of fused-ring (bicyclic) bond motifs is 1. The number of hydrogen-bond acceptors (Lipinski definition) is 4. The Morgan fingerprint density at radius 2 is 1.51 bits per heavy atom. The highest BCUT2D eigenvalue weighted by atomic mass is 16.5. The van der Waals surface area contributed by atoms with Crippen LogP contribution in [0.2, 0.25) is 0 Å². The zero-order chi connectivity index (χ0) is 27.2. The van der Waals surface area contributed by atoms with Crippen LogP contribution < -0.4 is 14.2 Å². The maximum Gasteiger partial charge on any atom is 0.119 e. The highest BCUT2D eigenvalue weighted by molar-refractivity contribution is 5.50. The highest BCUT2D eigenvalue weighted by Crippen LogP contribution is 2.44. The van der Waals surface area contributed by atoms with Gasteiger partial charge in [0.1, 0.15) is 23.9 Å². The van der Waals surface area contributed by atoms with E-state index in [0.717, 1.165) is 56.1 Å². The Hall–Kier alpha value is -2.98. The molecule has 5 rings (SSSR count). The molecule has 39 heavy (non-hydrogen) atoms. The molecule has 0 N–H and O–H groups in total. The van der Waals surface area contributed by atoms with Gasteiger partial charge in [0, 0.05) is 12.0 Å². The first-order valence-electron chi connectivity index (χ1n) is 14.8. The average Bonchev–Trinajstić information content (AvgIpc) is 3.00. The number of likely N-dealkylation sites (tertiary alicyclic amines) is 1. The first-order valence-corrected chi connectivity index (χ1v) is 14.8. The summed E-state index contributed by atoms with van der Waals surface area (Å²) in [5.74, 6) is 3.32. The van der Waals surface area contributed by atoms with Crippen molar-refractivity contribution in [1.82, 2.24) is 4.90 Å². The maximum atomic E-state index is 6.15. The van der Waals surface area contributed by atoms with E-state index in [-0.39, 0.29) is 5.41 Å². The van der Waals surface area contributed by atoms with Gasteiger partial charge < -0.3 is 14.2 Å². The van der Waals surface area contributed by atoms with E-state index >= 15 is 0 Å². The lowest BCUT2D eigenvalue weighted by Gasteiger charge is -2.36. The normalized spacial score (nSPS) is 19.1. The van der Waals surface area contributed by atoms with E-state index in [1.54, 1.807) is 14.2 Å². The van der Waals surface area contributed by atoms with E-state index in [2.05, 4.69) is 79.4 Å². The number of aryl methyl sites for hydroxylation is 1. The van der Waals surface area contributed by atoms with Crippen molar-refractivity contribution in [3.63, 3.8) is 0 Å². The van der Waals surface area contributed by atoms with Gasteiger partial charge >= 0.3 is 0 Å². The number of hydrogen-bond donors (Lipinski definition) is 0. The number of nitrogens with zero attached hydrogens (tertiary/aromatic N) is 1. The Morgan fingerprint density at radius 1 is 0.821 bits per heavy atom. The summed E-state index contributed by atoms with van der Waals surface area (Å²) in [5.41, 5.74) is 6.89. The van der Waals surface area contributed by atoms with Crippen LogP contribution in [0.4, 0.5) is 0 Å². The lowest BCUT2D eigenvalue weighted by atomic mass is 9.68. The fourth-order valence-electron chi connectivity index (χ4n) is 6.56. The van der Waals surface area contributed by atoms with Gasteiger partial charge in [-0.2, -0.15) is 0 Å². The lowest BCUT2D eigenvalue weighted by Crippen LogP contribution is -2.33. The molecule has 1 aliphatic carbocycles. The first-order chi connectivity index (χ1) is 19.0. The predicted octanol–water partition coefficient (Wildman–Crippen LogP) is 7.56. The van der Waals surface area contributed by atoms with Gasteiger partial charge in [0.15, 0.2) is 0 Å². The number of ether oxygens (including phenoxy) is 3. The van der Waals surface area contributed by atoms with Crippen molar-refractivity contribution < 1.29 is 14.2 Å². The summed E-state index contributed by atoms with van der Waals surface area (Å²) in [7, 11) is 3.51. The Bertz CT molecular complexity index is 1230. The third kappa shape index (κ3) is 6.11. The number of rotatable bonds is 10. The molecule has 0 saturated carbocycles. The summed E-state index contributed by atoms with van der Waals surface area (Å²) in [6.07, 6.45) is 8.29. The van der Waals surface area contributed by atoms with Gasteiger partial charge in [-0.05, 0) is 122 Å². The predicted molar refractivity (Wildman–Crippen MR) is 160 cm³/mol. The molecule has 0 radical (unpaired) electrons. The van der Waals surface area contributed by atoms with Crippen molar-refractivity contribution in [1.29, 1.82) is 0 Å². The van der Waals surface area contributed by atoms with E-state index in [0.29, 0.717) is 5.92 Å². The number of piperidine rings is 1. The van der Waals surface area contributed by atoms with Crippen LogP contribution in [0.3, 0.4) is 0 Å². The summed E-state index contributed by atoms with van der Waals surface area (Å²) in [5, 5.41) is 0. The Balaban J connectivity index is 1.37. The second kappa shape index (κ2) is 12.5. The van der Waals surface area contributed by atoms with Crippen LogP contribution in [-0.2, 0) is 18.3 Å². The molecule has 4 heteroatoms. The highest BCUT2D eigenvalue weighted by Gasteiger charge is 2.33. The summed E-state index contributed by atoms with van der Waals surface area (Å²) >= 11 is 0. The van der Waals surface area contributed by atoms with Crippen molar-refractivity contribution in [3.05, 3.63) is 88.5 Å². The van der Waals surface area contributed by atoms with Crippen molar-refractivity contribution in [3.8, 4) is 17.2 Å². The monoisotopic (exact) mass is 527 g/mol. The molecule has 0 spiro atoms. The van der Waals surface area contributed by atoms with Crippen LogP contribution in [0, 0.1) is 0 Å². The average molecular weight is 528 g/mol. The minimum atomic E-state index is -0.129. The van der Waals surface area contributed by atoms with Gasteiger partial charge in [-0.3, -0.25) is 4.90 Å². The second-order valence-corrected chi connectivity index (χ2v) is 11.5. The summed E-state index contributed by atoms with van der Waals surface area (Å²) in [4.78, 5) is 2.52. The molecule has 0 amide bonds. The summed E-state index contributed by atoms with van der Waals surface area (Å²) in [6, 6.07) is 22.2. The van der Waals surface area contributed by atoms with Crippen LogP contribution in [0.1, 0.15) is 79.7 Å². The number of methoxy groups -OCH3 is 2. The molecule has 2 atom stereocenters. The molecule has 2 aliphatic rings. The quantitative estimate of drug-likeness (QED) is 0.272. The summed E-state index contributed by atoms with van der Waals surface area (Å²) in [6.45, 7) is 8.87. The largest absolute Gasteiger partial charge is 0.497 e.